The monoisotopic (exact) mass is 442 g/mol. The van der Waals surface area contributed by atoms with Crippen molar-refractivity contribution in [2.75, 3.05) is 18.5 Å². The van der Waals surface area contributed by atoms with Gasteiger partial charge in [0.15, 0.2) is 0 Å². The second-order valence-corrected chi connectivity index (χ2v) is 8.06. The number of hydrogen-bond acceptors (Lipinski definition) is 6. The van der Waals surface area contributed by atoms with Crippen molar-refractivity contribution < 1.29 is 9.53 Å². The largest absolute Gasteiger partial charge is 0.494 e. The number of carbonyl (C=O) groups is 1. The van der Waals surface area contributed by atoms with Crippen LogP contribution in [0.5, 0.6) is 5.75 Å². The highest BCUT2D eigenvalue weighted by Gasteiger charge is 2.33. The summed E-state index contributed by atoms with van der Waals surface area (Å²) in [6.07, 6.45) is 6.73. The molecule has 5 rings (SSSR count). The van der Waals surface area contributed by atoms with Gasteiger partial charge >= 0.3 is 0 Å². The molecule has 0 saturated carbocycles. The Morgan fingerprint density at radius 3 is 2.91 bits per heavy atom. The summed E-state index contributed by atoms with van der Waals surface area (Å²) in [6.45, 7) is 3.28. The fourth-order valence-corrected chi connectivity index (χ4v) is 4.46. The number of likely N-dealkylation sites (tertiary alicyclic amines) is 1. The first-order valence-electron chi connectivity index (χ1n) is 11.2. The topological polar surface area (TPSA) is 85.2 Å². The van der Waals surface area contributed by atoms with Gasteiger partial charge in [0.05, 0.1) is 24.5 Å². The standard InChI is InChI=1S/C25H26N6O2/c1-3-33-18-9-10-20-17(14-18)15-22(30(20)2)25(32)31-13-5-7-21(31)19-6-4-8-23(28-19)29-24-16-26-11-12-27-24/h4,6,8-12,14-16,21H,3,5,7,13H2,1-2H3,(H,27,28,29)/t21-/m1/s1. The van der Waals surface area contributed by atoms with Crippen LogP contribution in [0.1, 0.15) is 42.0 Å². The van der Waals surface area contributed by atoms with E-state index in [1.54, 1.807) is 18.6 Å². The molecule has 1 N–H and O–H groups in total. The van der Waals surface area contributed by atoms with Gasteiger partial charge in [-0.3, -0.25) is 9.78 Å². The molecule has 1 aliphatic heterocycles. The molecule has 1 aliphatic rings. The molecule has 8 nitrogen and oxygen atoms in total. The number of aromatic nitrogens is 4. The van der Waals surface area contributed by atoms with E-state index in [9.17, 15) is 4.79 Å². The SMILES string of the molecule is CCOc1ccc2c(c1)cc(C(=O)N1CCC[C@@H]1c1cccc(Nc3cnccn3)n1)n2C. The van der Waals surface area contributed by atoms with Crippen LogP contribution in [0.3, 0.4) is 0 Å². The Morgan fingerprint density at radius 1 is 1.18 bits per heavy atom. The Hall–Kier alpha value is -3.94. The summed E-state index contributed by atoms with van der Waals surface area (Å²) < 4.78 is 7.59. The molecule has 1 aromatic carbocycles. The van der Waals surface area contributed by atoms with Crippen molar-refractivity contribution in [3.05, 3.63) is 72.4 Å². The summed E-state index contributed by atoms with van der Waals surface area (Å²) in [5, 5.41) is 4.18. The molecular weight excluding hydrogens is 416 g/mol. The molecule has 0 unspecified atom stereocenters. The van der Waals surface area contributed by atoms with E-state index in [2.05, 4.69) is 15.3 Å². The van der Waals surface area contributed by atoms with Gasteiger partial charge in [-0.15, -0.1) is 0 Å². The van der Waals surface area contributed by atoms with Crippen LogP contribution in [-0.2, 0) is 7.05 Å². The molecule has 168 valence electrons. The highest BCUT2D eigenvalue weighted by atomic mass is 16.5. The molecule has 3 aromatic heterocycles. The molecule has 1 fully saturated rings. The van der Waals surface area contributed by atoms with Gasteiger partial charge in [0.1, 0.15) is 23.1 Å². The van der Waals surface area contributed by atoms with Gasteiger partial charge in [0.25, 0.3) is 5.91 Å². The first kappa shape index (κ1) is 20.9. The van der Waals surface area contributed by atoms with Crippen LogP contribution in [0.4, 0.5) is 11.6 Å². The number of carbonyl (C=O) groups excluding carboxylic acids is 1. The number of fused-ring (bicyclic) bond motifs is 1. The summed E-state index contributed by atoms with van der Waals surface area (Å²) in [5.74, 6) is 2.14. The maximum absolute atomic E-state index is 13.6. The lowest BCUT2D eigenvalue weighted by molar-refractivity contribution is 0.0723. The number of rotatable bonds is 6. The maximum atomic E-state index is 13.6. The molecule has 0 spiro atoms. The van der Waals surface area contributed by atoms with Crippen molar-refractivity contribution in [1.82, 2.24) is 24.4 Å². The molecule has 0 bridgehead atoms. The van der Waals surface area contributed by atoms with Crippen LogP contribution in [0, 0.1) is 0 Å². The molecule has 33 heavy (non-hydrogen) atoms. The summed E-state index contributed by atoms with van der Waals surface area (Å²) in [7, 11) is 1.94. The van der Waals surface area contributed by atoms with E-state index in [1.165, 1.54) is 0 Å². The van der Waals surface area contributed by atoms with Gasteiger partial charge in [-0.05, 0) is 56.2 Å². The van der Waals surface area contributed by atoms with Gasteiger partial charge in [-0.25, -0.2) is 9.97 Å². The summed E-state index contributed by atoms with van der Waals surface area (Å²) in [4.78, 5) is 28.7. The van der Waals surface area contributed by atoms with Gasteiger partial charge in [0.2, 0.25) is 0 Å². The molecular formula is C25H26N6O2. The quantitative estimate of drug-likeness (QED) is 0.474. The number of hydrogen-bond donors (Lipinski definition) is 1. The molecule has 0 radical (unpaired) electrons. The Morgan fingerprint density at radius 2 is 2.09 bits per heavy atom. The maximum Gasteiger partial charge on any atom is 0.271 e. The number of nitrogens with one attached hydrogen (secondary N) is 1. The lowest BCUT2D eigenvalue weighted by atomic mass is 10.1. The molecule has 0 aliphatic carbocycles. The second-order valence-electron chi connectivity index (χ2n) is 8.06. The predicted octanol–water partition coefficient (Wildman–Crippen LogP) is 4.48. The van der Waals surface area contributed by atoms with Gasteiger partial charge in [0, 0.05) is 36.9 Å². The number of anilines is 2. The molecule has 1 saturated heterocycles. The zero-order valence-electron chi connectivity index (χ0n) is 18.7. The van der Waals surface area contributed by atoms with Gasteiger partial charge in [-0.1, -0.05) is 6.07 Å². The first-order valence-corrected chi connectivity index (χ1v) is 11.2. The first-order chi connectivity index (χ1) is 16.1. The van der Waals surface area contributed by atoms with Crippen LogP contribution in [0.25, 0.3) is 10.9 Å². The Labute approximate surface area is 192 Å². The van der Waals surface area contributed by atoms with Crippen LogP contribution in [0.2, 0.25) is 0 Å². The molecule has 4 aromatic rings. The zero-order valence-corrected chi connectivity index (χ0v) is 18.7. The number of nitrogens with zero attached hydrogens (tertiary/aromatic N) is 5. The minimum atomic E-state index is -0.0712. The lowest BCUT2D eigenvalue weighted by Crippen LogP contribution is -2.32. The van der Waals surface area contributed by atoms with Crippen molar-refractivity contribution >= 4 is 28.4 Å². The fourth-order valence-electron chi connectivity index (χ4n) is 4.46. The van der Waals surface area contributed by atoms with Crippen LogP contribution >= 0.6 is 0 Å². The van der Waals surface area contributed by atoms with E-state index in [0.29, 0.717) is 30.5 Å². The minimum Gasteiger partial charge on any atom is -0.494 e. The van der Waals surface area contributed by atoms with Crippen LogP contribution in [-0.4, -0.2) is 43.5 Å². The molecule has 8 heteroatoms. The van der Waals surface area contributed by atoms with E-state index in [4.69, 9.17) is 9.72 Å². The fraction of sp³-hybridized carbons (Fsp3) is 0.280. The van der Waals surface area contributed by atoms with E-state index in [1.807, 2.05) is 65.9 Å². The van der Waals surface area contributed by atoms with Crippen molar-refractivity contribution in [3.63, 3.8) is 0 Å². The summed E-state index contributed by atoms with van der Waals surface area (Å²) in [5.41, 5.74) is 2.54. The van der Waals surface area contributed by atoms with Crippen molar-refractivity contribution in [2.24, 2.45) is 7.05 Å². The van der Waals surface area contributed by atoms with Crippen LogP contribution < -0.4 is 10.1 Å². The van der Waals surface area contributed by atoms with Gasteiger partial charge in [-0.2, -0.15) is 0 Å². The Kier molecular flexibility index (Phi) is 5.64. The third-order valence-electron chi connectivity index (χ3n) is 5.99. The number of ether oxygens (including phenoxy) is 1. The van der Waals surface area contributed by atoms with E-state index in [0.717, 1.165) is 35.2 Å². The number of benzene rings is 1. The average Bonchev–Trinajstić information content (AvgIpc) is 3.45. The molecule has 1 atom stereocenters. The van der Waals surface area contributed by atoms with Crippen LogP contribution in [0.15, 0.2) is 61.1 Å². The summed E-state index contributed by atoms with van der Waals surface area (Å²) in [6, 6.07) is 13.6. The highest BCUT2D eigenvalue weighted by Crippen LogP contribution is 2.34. The van der Waals surface area contributed by atoms with E-state index >= 15 is 0 Å². The van der Waals surface area contributed by atoms with Crippen molar-refractivity contribution in [2.45, 2.75) is 25.8 Å². The third-order valence-corrected chi connectivity index (χ3v) is 5.99. The minimum absolute atomic E-state index is 0.0169. The Bertz CT molecular complexity index is 1290. The molecule has 4 heterocycles. The number of amides is 1. The smallest absolute Gasteiger partial charge is 0.271 e. The second kappa shape index (κ2) is 8.90. The predicted molar refractivity (Wildman–Crippen MR) is 127 cm³/mol. The van der Waals surface area contributed by atoms with Gasteiger partial charge < -0.3 is 19.5 Å². The zero-order chi connectivity index (χ0) is 22.8. The van der Waals surface area contributed by atoms with Crippen molar-refractivity contribution in [1.29, 1.82) is 0 Å². The third kappa shape index (κ3) is 4.11. The highest BCUT2D eigenvalue weighted by molar-refractivity contribution is 5.99. The normalized spacial score (nSPS) is 15.7. The number of pyridine rings is 1. The molecule has 1 amide bonds. The average molecular weight is 443 g/mol. The number of aryl methyl sites for hydroxylation is 1. The summed E-state index contributed by atoms with van der Waals surface area (Å²) >= 11 is 0. The Balaban J connectivity index is 1.41. The lowest BCUT2D eigenvalue weighted by Gasteiger charge is -2.25. The van der Waals surface area contributed by atoms with E-state index < -0.39 is 0 Å². The van der Waals surface area contributed by atoms with Crippen molar-refractivity contribution in [3.8, 4) is 5.75 Å². The van der Waals surface area contributed by atoms with E-state index in [-0.39, 0.29) is 11.9 Å².